The summed E-state index contributed by atoms with van der Waals surface area (Å²) in [5.74, 6) is 2.58. The van der Waals surface area contributed by atoms with Crippen molar-refractivity contribution in [3.05, 3.63) is 35.9 Å². The Morgan fingerprint density at radius 1 is 1.14 bits per heavy atom. The van der Waals surface area contributed by atoms with Crippen LogP contribution in [0.2, 0.25) is 0 Å². The Balaban J connectivity index is 1.32. The van der Waals surface area contributed by atoms with Crippen molar-refractivity contribution in [2.45, 2.75) is 70.1 Å². The van der Waals surface area contributed by atoms with Crippen LogP contribution in [0.5, 0.6) is 0 Å². The summed E-state index contributed by atoms with van der Waals surface area (Å²) in [6, 6.07) is 11.1. The number of aliphatic imine (C=N–C) groups is 1. The van der Waals surface area contributed by atoms with Crippen LogP contribution in [0.3, 0.4) is 0 Å². The first-order valence-corrected chi connectivity index (χ1v) is 11.9. The Labute approximate surface area is 175 Å². The minimum absolute atomic E-state index is 0.172. The fraction of sp³-hybridized carbons (Fsp3) is 0.692. The van der Waals surface area contributed by atoms with E-state index in [4.69, 9.17) is 5.73 Å². The summed E-state index contributed by atoms with van der Waals surface area (Å²) in [6.45, 7) is 3.15. The van der Waals surface area contributed by atoms with Gasteiger partial charge in [-0.15, -0.1) is 0 Å². The minimum Gasteiger partial charge on any atom is -0.330 e. The molecule has 29 heavy (non-hydrogen) atoms. The molecule has 2 N–H and O–H groups in total. The topological polar surface area (TPSA) is 55.5 Å². The Hall–Kier alpha value is -1.48. The summed E-state index contributed by atoms with van der Waals surface area (Å²) in [5.41, 5.74) is 8.00. The molecule has 0 spiro atoms. The van der Waals surface area contributed by atoms with Crippen molar-refractivity contribution in [2.75, 3.05) is 6.54 Å². The average Bonchev–Trinajstić information content (AvgIpc) is 3.14. The first kappa shape index (κ1) is 19.5. The second-order valence-corrected chi connectivity index (χ2v) is 10.7. The van der Waals surface area contributed by atoms with E-state index in [0.717, 1.165) is 19.4 Å². The van der Waals surface area contributed by atoms with Gasteiger partial charge in [-0.05, 0) is 98.0 Å². The van der Waals surface area contributed by atoms with Gasteiger partial charge in [-0.3, -0.25) is 4.79 Å². The number of amides is 1. The number of benzene rings is 1. The van der Waals surface area contributed by atoms with E-state index in [2.05, 4.69) is 42.2 Å². The van der Waals surface area contributed by atoms with Crippen LogP contribution in [0.25, 0.3) is 0 Å². The molecule has 5 fully saturated rings. The van der Waals surface area contributed by atoms with E-state index in [-0.39, 0.29) is 11.8 Å². The molecule has 3 heteroatoms. The van der Waals surface area contributed by atoms with Crippen LogP contribution in [0.4, 0.5) is 0 Å². The Morgan fingerprint density at radius 2 is 1.90 bits per heavy atom. The summed E-state index contributed by atoms with van der Waals surface area (Å²) in [6.07, 6.45) is 12.8. The molecule has 0 aromatic heterocycles. The number of carbonyl (C=O) groups excluding carboxylic acids is 1. The van der Waals surface area contributed by atoms with Gasteiger partial charge in [0, 0.05) is 12.1 Å². The monoisotopic (exact) mass is 392 g/mol. The summed E-state index contributed by atoms with van der Waals surface area (Å²) < 4.78 is 0. The molecule has 156 valence electrons. The van der Waals surface area contributed by atoms with Crippen LogP contribution in [0, 0.1) is 35.0 Å². The van der Waals surface area contributed by atoms with E-state index in [1.54, 1.807) is 0 Å². The molecule has 1 aromatic carbocycles. The molecule has 4 bridgehead atoms. The van der Waals surface area contributed by atoms with Gasteiger partial charge >= 0.3 is 0 Å². The van der Waals surface area contributed by atoms with E-state index in [0.29, 0.717) is 34.5 Å². The quantitative estimate of drug-likeness (QED) is 0.706. The first-order chi connectivity index (χ1) is 14.1. The lowest BCUT2D eigenvalue weighted by molar-refractivity contribution is -0.125. The molecule has 3 nitrogen and oxygen atoms in total. The van der Waals surface area contributed by atoms with E-state index < -0.39 is 0 Å². The van der Waals surface area contributed by atoms with E-state index in [9.17, 15) is 4.79 Å². The smallest absolute Gasteiger partial charge is 0.249 e. The lowest BCUT2D eigenvalue weighted by atomic mass is 9.61. The molecule has 0 radical (unpaired) electrons. The number of hydrogen-bond acceptors (Lipinski definition) is 2. The number of rotatable bonds is 5. The van der Waals surface area contributed by atoms with Crippen LogP contribution < -0.4 is 5.73 Å². The van der Waals surface area contributed by atoms with Crippen molar-refractivity contribution in [1.29, 1.82) is 0 Å². The van der Waals surface area contributed by atoms with Gasteiger partial charge in [-0.25, -0.2) is 4.99 Å². The third kappa shape index (κ3) is 3.12. The number of carbonyl (C=O) groups is 1. The third-order valence-electron chi connectivity index (χ3n) is 9.36. The maximum Gasteiger partial charge on any atom is 0.249 e. The van der Waals surface area contributed by atoms with Gasteiger partial charge in [0.1, 0.15) is 0 Å². The first-order valence-electron chi connectivity index (χ1n) is 11.9. The summed E-state index contributed by atoms with van der Waals surface area (Å²) in [7, 11) is 0. The molecule has 0 saturated heterocycles. The molecule has 6 rings (SSSR count). The van der Waals surface area contributed by atoms with Crippen LogP contribution in [-0.2, 0) is 10.2 Å². The molecular weight excluding hydrogens is 356 g/mol. The predicted octanol–water partition coefficient (Wildman–Crippen LogP) is 5.13. The summed E-state index contributed by atoms with van der Waals surface area (Å²) >= 11 is 0. The zero-order valence-electron chi connectivity index (χ0n) is 17.9. The van der Waals surface area contributed by atoms with Gasteiger partial charge < -0.3 is 5.73 Å². The summed E-state index contributed by atoms with van der Waals surface area (Å²) in [4.78, 5) is 17.8. The highest BCUT2D eigenvalue weighted by Gasteiger charge is 2.68. The second-order valence-electron chi connectivity index (χ2n) is 10.7. The Morgan fingerprint density at radius 3 is 2.59 bits per heavy atom. The van der Waals surface area contributed by atoms with Crippen molar-refractivity contribution in [3.8, 4) is 0 Å². The lowest BCUT2D eigenvalue weighted by Gasteiger charge is -2.42. The zero-order valence-corrected chi connectivity index (χ0v) is 17.9. The molecule has 0 heterocycles. The van der Waals surface area contributed by atoms with E-state index in [1.807, 2.05) is 6.21 Å². The summed E-state index contributed by atoms with van der Waals surface area (Å²) in [5, 5.41) is 0. The average molecular weight is 393 g/mol. The molecular formula is C26H36N2O. The Kier molecular flexibility index (Phi) is 4.93. The van der Waals surface area contributed by atoms with Gasteiger partial charge in [0.05, 0.1) is 0 Å². The van der Waals surface area contributed by atoms with Gasteiger partial charge in [0.2, 0.25) is 5.91 Å². The highest BCUT2D eigenvalue weighted by molar-refractivity contribution is 5.88. The molecule has 5 aliphatic carbocycles. The van der Waals surface area contributed by atoms with Crippen LogP contribution in [0.1, 0.15) is 70.3 Å². The molecule has 5 saturated carbocycles. The minimum atomic E-state index is 0.172. The Bertz CT molecular complexity index is 781. The standard InChI is InChI=1S/C26H36N2O/c1-2-25-12-20-13-26(17-25,21-6-4-3-5-7-21)14-22(25)23(20)24(29)28-16-19-10-8-18(15-27)9-11-19/h3-7,16,18-20,22-23H,2,8-15,17,27H2,1H3. The third-order valence-corrected chi connectivity index (χ3v) is 9.36. The number of nitrogens with zero attached hydrogens (tertiary/aromatic N) is 1. The molecule has 1 amide bonds. The van der Waals surface area contributed by atoms with Crippen molar-refractivity contribution < 1.29 is 4.79 Å². The van der Waals surface area contributed by atoms with Crippen LogP contribution in [-0.4, -0.2) is 18.7 Å². The van der Waals surface area contributed by atoms with Gasteiger partial charge in [-0.1, -0.05) is 43.7 Å². The SMILES string of the molecule is CCC12CC3CC(c4ccccc4)(CC1C3C(=O)N=CC1CCC(CN)CC1)C2. The van der Waals surface area contributed by atoms with Gasteiger partial charge in [-0.2, -0.15) is 0 Å². The van der Waals surface area contributed by atoms with Crippen LogP contribution in [0.15, 0.2) is 35.3 Å². The molecule has 5 atom stereocenters. The largest absolute Gasteiger partial charge is 0.330 e. The van der Waals surface area contributed by atoms with E-state index >= 15 is 0 Å². The molecule has 0 aliphatic heterocycles. The van der Waals surface area contributed by atoms with Gasteiger partial charge in [0.15, 0.2) is 0 Å². The fourth-order valence-electron chi connectivity index (χ4n) is 7.95. The predicted molar refractivity (Wildman–Crippen MR) is 118 cm³/mol. The van der Waals surface area contributed by atoms with Crippen LogP contribution >= 0.6 is 0 Å². The molecule has 5 aliphatic rings. The van der Waals surface area contributed by atoms with Crippen molar-refractivity contribution >= 4 is 12.1 Å². The second kappa shape index (κ2) is 7.34. The normalized spacial score (nSPS) is 43.3. The van der Waals surface area contributed by atoms with Gasteiger partial charge in [0.25, 0.3) is 0 Å². The highest BCUT2D eigenvalue weighted by Crippen LogP contribution is 2.73. The maximum atomic E-state index is 13.3. The number of hydrogen-bond donors (Lipinski definition) is 1. The lowest BCUT2D eigenvalue weighted by Crippen LogP contribution is -2.38. The highest BCUT2D eigenvalue weighted by atomic mass is 16.1. The zero-order chi connectivity index (χ0) is 20.1. The molecule has 1 aromatic rings. The van der Waals surface area contributed by atoms with Crippen molar-refractivity contribution in [1.82, 2.24) is 0 Å². The number of nitrogens with two attached hydrogens (primary N) is 1. The maximum absolute atomic E-state index is 13.3. The molecule has 5 unspecified atom stereocenters. The fourth-order valence-corrected chi connectivity index (χ4v) is 7.95. The van der Waals surface area contributed by atoms with E-state index in [1.165, 1.54) is 50.5 Å². The van der Waals surface area contributed by atoms with Crippen molar-refractivity contribution in [3.63, 3.8) is 0 Å². The van der Waals surface area contributed by atoms with Crippen molar-refractivity contribution in [2.24, 2.45) is 45.7 Å².